The molecule has 3 rings (SSSR count). The summed E-state index contributed by atoms with van der Waals surface area (Å²) in [6.45, 7) is 6.47. The average Bonchev–Trinajstić information content (AvgIpc) is 2.48. The van der Waals surface area contributed by atoms with Crippen LogP contribution in [0.3, 0.4) is 0 Å². The first kappa shape index (κ1) is 11.4. The summed E-state index contributed by atoms with van der Waals surface area (Å²) in [4.78, 5) is 0. The molecule has 0 amide bonds. The molecule has 1 aromatic rings. The first-order chi connectivity index (χ1) is 7.98. The number of halogens is 1. The molecule has 0 saturated heterocycles. The van der Waals surface area contributed by atoms with Gasteiger partial charge in [-0.25, -0.2) is 0 Å². The molecule has 0 unspecified atom stereocenters. The van der Waals surface area contributed by atoms with Gasteiger partial charge in [0, 0.05) is 16.0 Å². The van der Waals surface area contributed by atoms with Crippen molar-refractivity contribution in [1.29, 1.82) is 0 Å². The van der Waals surface area contributed by atoms with Crippen LogP contribution >= 0.6 is 11.6 Å². The maximum absolute atomic E-state index is 6.22. The molecule has 3 nitrogen and oxygen atoms in total. The Hall–Kier alpha value is -0.705. The van der Waals surface area contributed by atoms with Crippen LogP contribution in [0.2, 0.25) is 5.02 Å². The normalized spacial score (nSPS) is 25.2. The summed E-state index contributed by atoms with van der Waals surface area (Å²) in [5, 5.41) is 0.714. The second-order valence-corrected chi connectivity index (χ2v) is 5.56. The molecule has 90 valence electrons. The fourth-order valence-corrected chi connectivity index (χ4v) is 2.67. The molecule has 0 aromatic heterocycles. The Morgan fingerprint density at radius 1 is 1.41 bits per heavy atom. The monoisotopic (exact) mass is 252 g/mol. The van der Waals surface area contributed by atoms with Gasteiger partial charge in [0.25, 0.3) is 0 Å². The van der Waals surface area contributed by atoms with Crippen molar-refractivity contribution in [1.82, 2.24) is 0 Å². The van der Waals surface area contributed by atoms with Crippen molar-refractivity contribution in [2.75, 3.05) is 6.61 Å². The summed E-state index contributed by atoms with van der Waals surface area (Å²) in [5.41, 5.74) is 1.58. The van der Waals surface area contributed by atoms with E-state index in [4.69, 9.17) is 25.6 Å². The van der Waals surface area contributed by atoms with Crippen molar-refractivity contribution in [3.63, 3.8) is 0 Å². The highest BCUT2D eigenvalue weighted by Crippen LogP contribution is 2.36. The van der Waals surface area contributed by atoms with Gasteiger partial charge in [0.1, 0.15) is 12.4 Å². The van der Waals surface area contributed by atoms with Gasteiger partial charge in [0.15, 0.2) is 0 Å². The lowest BCUT2D eigenvalue weighted by Gasteiger charge is -2.24. The van der Waals surface area contributed by atoms with Crippen molar-refractivity contribution < 1.29 is 14.0 Å². The van der Waals surface area contributed by atoms with Gasteiger partial charge in [-0.15, -0.1) is 0 Å². The molecule has 2 aliphatic heterocycles. The molecule has 0 N–H and O–H groups in total. The second kappa shape index (κ2) is 3.64. The van der Waals surface area contributed by atoms with E-state index in [1.807, 2.05) is 32.9 Å². The number of hydrogen-bond acceptors (Lipinski definition) is 3. The summed E-state index contributed by atoms with van der Waals surface area (Å²) in [5.74, 6) is 0.823. The number of ether oxygens (including phenoxy) is 1. The van der Waals surface area contributed by atoms with E-state index < -0.39 is 0 Å². The summed E-state index contributed by atoms with van der Waals surface area (Å²) < 4.78 is 17.6. The molecule has 1 atom stereocenters. The average molecular weight is 253 g/mol. The molecule has 5 heteroatoms. The van der Waals surface area contributed by atoms with Crippen LogP contribution in [-0.4, -0.2) is 19.3 Å². The van der Waals surface area contributed by atoms with Crippen LogP contribution in [0.5, 0.6) is 5.75 Å². The smallest absolute Gasteiger partial charge is 0.491 e. The van der Waals surface area contributed by atoms with E-state index in [-0.39, 0.29) is 18.8 Å². The molecule has 2 aliphatic rings. The summed E-state index contributed by atoms with van der Waals surface area (Å²) in [6.07, 6.45) is -0.0556. The van der Waals surface area contributed by atoms with Gasteiger partial charge in [-0.05, 0) is 32.9 Å². The molecule has 0 saturated carbocycles. The molecule has 0 spiro atoms. The van der Waals surface area contributed by atoms with E-state index in [1.165, 1.54) is 0 Å². The zero-order valence-electron chi connectivity index (χ0n) is 10.1. The Labute approximate surface area is 106 Å². The molecule has 0 aliphatic carbocycles. The predicted molar refractivity (Wildman–Crippen MR) is 67.0 cm³/mol. The van der Waals surface area contributed by atoms with Gasteiger partial charge in [0.05, 0.1) is 11.7 Å². The van der Waals surface area contributed by atoms with Crippen LogP contribution in [-0.2, 0) is 9.31 Å². The van der Waals surface area contributed by atoms with Crippen LogP contribution in [0.15, 0.2) is 12.1 Å². The van der Waals surface area contributed by atoms with Gasteiger partial charge in [-0.2, -0.15) is 0 Å². The largest absolute Gasteiger partial charge is 0.499 e. The van der Waals surface area contributed by atoms with E-state index >= 15 is 0 Å². The van der Waals surface area contributed by atoms with Crippen molar-refractivity contribution in [3.8, 4) is 5.75 Å². The predicted octanol–water partition coefficient (Wildman–Crippen LogP) is 2.31. The lowest BCUT2D eigenvalue weighted by atomic mass is 9.77. The van der Waals surface area contributed by atoms with Gasteiger partial charge in [-0.3, -0.25) is 0 Å². The zero-order valence-corrected chi connectivity index (χ0v) is 10.9. The standard InChI is InChI=1S/C12H14BClO3/c1-7-10-8(14)4-5-9-11(10)13(16-7)17-12(2,3)6-15-9/h4-5,7H,6H2,1-3H3/t7-/m1/s1. The minimum absolute atomic E-state index is 0.0556. The van der Waals surface area contributed by atoms with E-state index in [0.717, 1.165) is 16.8 Å². The lowest BCUT2D eigenvalue weighted by Crippen LogP contribution is -2.40. The van der Waals surface area contributed by atoms with Gasteiger partial charge in [-0.1, -0.05) is 11.6 Å². The third kappa shape index (κ3) is 1.75. The Morgan fingerprint density at radius 3 is 2.94 bits per heavy atom. The maximum Gasteiger partial charge on any atom is 0.499 e. The lowest BCUT2D eigenvalue weighted by molar-refractivity contribution is 0.0292. The Kier molecular flexibility index (Phi) is 2.44. The van der Waals surface area contributed by atoms with Gasteiger partial charge >= 0.3 is 7.12 Å². The summed E-state index contributed by atoms with van der Waals surface area (Å²) in [7, 11) is -0.369. The first-order valence-corrected chi connectivity index (χ1v) is 6.14. The maximum atomic E-state index is 6.22. The Balaban J connectivity index is 2.15. The van der Waals surface area contributed by atoms with Crippen molar-refractivity contribution in [3.05, 3.63) is 22.7 Å². The summed E-state index contributed by atoms with van der Waals surface area (Å²) >= 11 is 6.22. The quantitative estimate of drug-likeness (QED) is 0.663. The fraction of sp³-hybridized carbons (Fsp3) is 0.500. The zero-order chi connectivity index (χ0) is 12.2. The molecule has 1 aromatic carbocycles. The third-order valence-electron chi connectivity index (χ3n) is 3.17. The topological polar surface area (TPSA) is 27.7 Å². The highest BCUT2D eigenvalue weighted by molar-refractivity contribution is 6.65. The third-order valence-corrected chi connectivity index (χ3v) is 3.49. The van der Waals surface area contributed by atoms with Crippen LogP contribution in [0.4, 0.5) is 0 Å². The minimum Gasteiger partial charge on any atom is -0.491 e. The molecule has 17 heavy (non-hydrogen) atoms. The number of rotatable bonds is 0. The molecular formula is C12H14BClO3. The fourth-order valence-electron chi connectivity index (χ4n) is 2.36. The highest BCUT2D eigenvalue weighted by atomic mass is 35.5. The Bertz CT molecular complexity index is 475. The van der Waals surface area contributed by atoms with Crippen LogP contribution < -0.4 is 10.2 Å². The van der Waals surface area contributed by atoms with Crippen molar-refractivity contribution in [2.45, 2.75) is 32.5 Å². The molecule has 0 fully saturated rings. The van der Waals surface area contributed by atoms with E-state index in [2.05, 4.69) is 0 Å². The van der Waals surface area contributed by atoms with E-state index in [0.29, 0.717) is 11.6 Å². The molecular weight excluding hydrogens is 238 g/mol. The molecule has 0 radical (unpaired) electrons. The number of hydrogen-bond donors (Lipinski definition) is 0. The summed E-state index contributed by atoms with van der Waals surface area (Å²) in [6, 6.07) is 3.75. The van der Waals surface area contributed by atoms with Crippen LogP contribution in [0, 0.1) is 0 Å². The molecule has 0 bridgehead atoms. The first-order valence-electron chi connectivity index (χ1n) is 5.76. The SMILES string of the molecule is C[C@H]1OB2OC(C)(C)COc3ccc(Cl)c1c32. The number of benzene rings is 1. The highest BCUT2D eigenvalue weighted by Gasteiger charge is 2.45. The molecule has 2 heterocycles. The Morgan fingerprint density at radius 2 is 2.18 bits per heavy atom. The van der Waals surface area contributed by atoms with E-state index in [1.54, 1.807) is 0 Å². The van der Waals surface area contributed by atoms with E-state index in [9.17, 15) is 0 Å². The van der Waals surface area contributed by atoms with Crippen LogP contribution in [0.1, 0.15) is 32.4 Å². The van der Waals surface area contributed by atoms with Crippen LogP contribution in [0.25, 0.3) is 0 Å². The van der Waals surface area contributed by atoms with Gasteiger partial charge < -0.3 is 14.0 Å². The van der Waals surface area contributed by atoms with Crippen molar-refractivity contribution in [2.24, 2.45) is 0 Å². The van der Waals surface area contributed by atoms with Gasteiger partial charge in [0.2, 0.25) is 0 Å². The second-order valence-electron chi connectivity index (χ2n) is 5.15. The minimum atomic E-state index is -0.369. The van der Waals surface area contributed by atoms with Crippen molar-refractivity contribution >= 4 is 24.2 Å².